The van der Waals surface area contributed by atoms with Gasteiger partial charge in [0.15, 0.2) is 23.0 Å². The molecule has 7 heteroatoms. The average Bonchev–Trinajstić information content (AvgIpc) is 3.22. The van der Waals surface area contributed by atoms with Crippen molar-refractivity contribution >= 4 is 33.9 Å². The van der Waals surface area contributed by atoms with Gasteiger partial charge in [-0.3, -0.25) is 0 Å². The van der Waals surface area contributed by atoms with E-state index in [1.54, 1.807) is 24.3 Å². The molecule has 0 fully saturated rings. The molecule has 0 atom stereocenters. The molecule has 25 heavy (non-hydrogen) atoms. The zero-order chi connectivity index (χ0) is 17.8. The third kappa shape index (κ3) is 3.76. The normalized spacial score (nSPS) is 15.2. The van der Waals surface area contributed by atoms with Crippen molar-refractivity contribution in [3.05, 3.63) is 52.0 Å². The molecule has 1 aromatic heterocycles. The van der Waals surface area contributed by atoms with E-state index in [9.17, 15) is 4.79 Å². The highest BCUT2D eigenvalue weighted by Crippen LogP contribution is 2.37. The SMILES string of the molecule is CCOc1cc(/C=C2/N=C(c3ccco3)OC2=O)cc(Br)c1OCC. The van der Waals surface area contributed by atoms with E-state index in [4.69, 9.17) is 18.6 Å². The van der Waals surface area contributed by atoms with Gasteiger partial charge in [-0.1, -0.05) is 0 Å². The van der Waals surface area contributed by atoms with Crippen LogP contribution in [0.1, 0.15) is 25.2 Å². The van der Waals surface area contributed by atoms with Crippen molar-refractivity contribution in [2.24, 2.45) is 4.99 Å². The third-order valence-corrected chi connectivity index (χ3v) is 3.87. The number of hydrogen-bond acceptors (Lipinski definition) is 6. The summed E-state index contributed by atoms with van der Waals surface area (Å²) in [6, 6.07) is 7.00. The fourth-order valence-electron chi connectivity index (χ4n) is 2.29. The van der Waals surface area contributed by atoms with Crippen LogP contribution in [-0.2, 0) is 9.53 Å². The summed E-state index contributed by atoms with van der Waals surface area (Å²) in [6.07, 6.45) is 3.12. The van der Waals surface area contributed by atoms with Crippen LogP contribution in [0.2, 0.25) is 0 Å². The molecule has 0 aliphatic carbocycles. The Kier molecular flexibility index (Phi) is 5.23. The summed E-state index contributed by atoms with van der Waals surface area (Å²) in [5.74, 6) is 1.23. The van der Waals surface area contributed by atoms with E-state index in [0.717, 1.165) is 10.0 Å². The monoisotopic (exact) mass is 405 g/mol. The molecular formula is C18H16BrNO5. The molecule has 0 bridgehead atoms. The quantitative estimate of drug-likeness (QED) is 0.532. The van der Waals surface area contributed by atoms with Crippen molar-refractivity contribution in [1.82, 2.24) is 0 Å². The number of ether oxygens (including phenoxy) is 3. The molecule has 0 spiro atoms. The second-order valence-corrected chi connectivity index (χ2v) is 5.86. The lowest BCUT2D eigenvalue weighted by atomic mass is 10.1. The second-order valence-electron chi connectivity index (χ2n) is 5.01. The molecule has 0 unspecified atom stereocenters. The van der Waals surface area contributed by atoms with Crippen molar-refractivity contribution in [2.45, 2.75) is 13.8 Å². The minimum absolute atomic E-state index is 0.149. The highest BCUT2D eigenvalue weighted by molar-refractivity contribution is 9.10. The van der Waals surface area contributed by atoms with Gasteiger partial charge in [0.2, 0.25) is 0 Å². The first-order valence-electron chi connectivity index (χ1n) is 7.78. The molecule has 1 aliphatic heterocycles. The number of benzene rings is 1. The lowest BCUT2D eigenvalue weighted by molar-refractivity contribution is -0.130. The Bertz CT molecular complexity index is 839. The maximum atomic E-state index is 12.0. The van der Waals surface area contributed by atoms with Gasteiger partial charge in [-0.05, 0) is 65.7 Å². The molecule has 2 heterocycles. The van der Waals surface area contributed by atoms with Gasteiger partial charge in [0.05, 0.1) is 23.9 Å². The summed E-state index contributed by atoms with van der Waals surface area (Å²) < 4.78 is 22.3. The maximum absolute atomic E-state index is 12.0. The molecule has 0 N–H and O–H groups in total. The van der Waals surface area contributed by atoms with Crippen molar-refractivity contribution in [2.75, 3.05) is 13.2 Å². The van der Waals surface area contributed by atoms with E-state index < -0.39 is 5.97 Å². The fourth-order valence-corrected chi connectivity index (χ4v) is 2.87. The number of nitrogens with zero attached hydrogens (tertiary/aromatic N) is 1. The molecule has 1 aromatic carbocycles. The van der Waals surface area contributed by atoms with Gasteiger partial charge >= 0.3 is 5.97 Å². The fraction of sp³-hybridized carbons (Fsp3) is 0.222. The molecule has 6 nitrogen and oxygen atoms in total. The molecule has 1 aliphatic rings. The summed E-state index contributed by atoms with van der Waals surface area (Å²) in [4.78, 5) is 16.2. The molecule has 2 aromatic rings. The van der Waals surface area contributed by atoms with Crippen molar-refractivity contribution in [3.63, 3.8) is 0 Å². The highest BCUT2D eigenvalue weighted by atomic mass is 79.9. The van der Waals surface area contributed by atoms with Crippen LogP contribution in [0.4, 0.5) is 0 Å². The van der Waals surface area contributed by atoms with Crippen LogP contribution >= 0.6 is 15.9 Å². The first kappa shape index (κ1) is 17.3. The van der Waals surface area contributed by atoms with Gasteiger partial charge < -0.3 is 18.6 Å². The Morgan fingerprint density at radius 3 is 2.72 bits per heavy atom. The van der Waals surface area contributed by atoms with E-state index in [-0.39, 0.29) is 11.6 Å². The van der Waals surface area contributed by atoms with Gasteiger partial charge in [-0.15, -0.1) is 0 Å². The van der Waals surface area contributed by atoms with Crippen LogP contribution in [0.15, 0.2) is 50.1 Å². The summed E-state index contributed by atoms with van der Waals surface area (Å²) in [5, 5.41) is 0. The maximum Gasteiger partial charge on any atom is 0.363 e. The zero-order valence-corrected chi connectivity index (χ0v) is 15.3. The number of carbonyl (C=O) groups is 1. The zero-order valence-electron chi connectivity index (χ0n) is 13.7. The van der Waals surface area contributed by atoms with Gasteiger partial charge in [0.25, 0.3) is 5.90 Å². The minimum atomic E-state index is -0.533. The number of hydrogen-bond donors (Lipinski definition) is 0. The van der Waals surface area contributed by atoms with Crippen LogP contribution < -0.4 is 9.47 Å². The first-order valence-corrected chi connectivity index (χ1v) is 8.57. The Balaban J connectivity index is 1.96. The van der Waals surface area contributed by atoms with E-state index >= 15 is 0 Å². The van der Waals surface area contributed by atoms with Gasteiger partial charge in [-0.2, -0.15) is 0 Å². The van der Waals surface area contributed by atoms with Crippen LogP contribution in [-0.4, -0.2) is 25.1 Å². The molecular weight excluding hydrogens is 390 g/mol. The summed E-state index contributed by atoms with van der Waals surface area (Å²) in [5.41, 5.74) is 0.917. The molecule has 130 valence electrons. The van der Waals surface area contributed by atoms with Gasteiger partial charge in [0, 0.05) is 0 Å². The highest BCUT2D eigenvalue weighted by Gasteiger charge is 2.26. The number of furan rings is 1. The van der Waals surface area contributed by atoms with E-state index in [1.807, 2.05) is 19.9 Å². The average molecular weight is 406 g/mol. The summed E-state index contributed by atoms with van der Waals surface area (Å²) in [7, 11) is 0. The smallest absolute Gasteiger partial charge is 0.363 e. The van der Waals surface area contributed by atoms with Crippen molar-refractivity contribution < 1.29 is 23.4 Å². The number of aliphatic imine (C=N–C) groups is 1. The predicted octanol–water partition coefficient (Wildman–Crippen LogP) is 4.18. The Morgan fingerprint density at radius 1 is 1.24 bits per heavy atom. The number of esters is 1. The second kappa shape index (κ2) is 7.57. The largest absolute Gasteiger partial charge is 0.490 e. The van der Waals surface area contributed by atoms with Crippen LogP contribution in [0.25, 0.3) is 6.08 Å². The molecule has 0 saturated heterocycles. The number of rotatable bonds is 6. The Labute approximate surface area is 153 Å². The molecule has 0 radical (unpaired) electrons. The minimum Gasteiger partial charge on any atom is -0.490 e. The summed E-state index contributed by atoms with van der Waals surface area (Å²) in [6.45, 7) is 4.80. The topological polar surface area (TPSA) is 70.3 Å². The van der Waals surface area contributed by atoms with Crippen LogP contribution in [0, 0.1) is 0 Å². The van der Waals surface area contributed by atoms with Gasteiger partial charge in [-0.25, -0.2) is 9.79 Å². The van der Waals surface area contributed by atoms with Crippen LogP contribution in [0.3, 0.4) is 0 Å². The number of halogens is 1. The van der Waals surface area contributed by atoms with E-state index in [0.29, 0.717) is 30.5 Å². The number of carbonyl (C=O) groups excluding carboxylic acids is 1. The molecule has 0 amide bonds. The predicted molar refractivity (Wildman–Crippen MR) is 95.8 cm³/mol. The van der Waals surface area contributed by atoms with Crippen molar-refractivity contribution in [1.29, 1.82) is 0 Å². The van der Waals surface area contributed by atoms with Crippen LogP contribution in [0.5, 0.6) is 11.5 Å². The van der Waals surface area contributed by atoms with E-state index in [2.05, 4.69) is 20.9 Å². The lowest BCUT2D eigenvalue weighted by Gasteiger charge is -2.13. The summed E-state index contributed by atoms with van der Waals surface area (Å²) >= 11 is 3.48. The third-order valence-electron chi connectivity index (χ3n) is 3.28. The molecule has 3 rings (SSSR count). The van der Waals surface area contributed by atoms with Crippen molar-refractivity contribution in [3.8, 4) is 11.5 Å². The lowest BCUT2D eigenvalue weighted by Crippen LogP contribution is -2.04. The van der Waals surface area contributed by atoms with Gasteiger partial charge in [0.1, 0.15) is 0 Å². The Morgan fingerprint density at radius 2 is 2.04 bits per heavy atom. The number of cyclic esters (lactones) is 1. The van der Waals surface area contributed by atoms with E-state index in [1.165, 1.54) is 6.26 Å². The standard InChI is InChI=1S/C18H16BrNO5/c1-3-22-15-10-11(8-12(19)16(15)23-4-2)9-13-18(21)25-17(20-13)14-6-5-7-24-14/h5-10H,3-4H2,1-2H3/b13-9+. The Hall–Kier alpha value is -2.54. The first-order chi connectivity index (χ1) is 12.1. The molecule has 0 saturated carbocycles.